The fourth-order valence-electron chi connectivity index (χ4n) is 5.67. The first-order valence-corrected chi connectivity index (χ1v) is 10.9. The summed E-state index contributed by atoms with van der Waals surface area (Å²) in [7, 11) is 0. The van der Waals surface area contributed by atoms with Gasteiger partial charge in [0.05, 0.1) is 23.1 Å². The van der Waals surface area contributed by atoms with Gasteiger partial charge in [-0.05, 0) is 46.5 Å². The van der Waals surface area contributed by atoms with Gasteiger partial charge in [-0.3, -0.25) is 9.59 Å². The number of aromatic carboxylic acids is 1. The summed E-state index contributed by atoms with van der Waals surface area (Å²) >= 11 is 14.7. The number of carboxylic acids is 1. The molecular weight excluding hydrogens is 449 g/mol. The minimum Gasteiger partial charge on any atom is -0.478 e. The van der Waals surface area contributed by atoms with E-state index in [1.54, 1.807) is 0 Å². The molecule has 2 amide bonds. The van der Waals surface area contributed by atoms with Crippen LogP contribution >= 0.6 is 23.2 Å². The second kappa shape index (κ2) is 6.21. The first-order valence-electron chi connectivity index (χ1n) is 10.1. The van der Waals surface area contributed by atoms with Crippen LogP contribution in [0.5, 0.6) is 0 Å². The highest BCUT2D eigenvalue weighted by atomic mass is 35.5. The molecule has 3 aromatic rings. The molecular formula is C25H15Cl2NO4. The summed E-state index contributed by atoms with van der Waals surface area (Å²) in [5, 5.41) is 9.18. The third kappa shape index (κ3) is 2.08. The number of benzene rings is 3. The lowest BCUT2D eigenvalue weighted by atomic mass is 9.54. The van der Waals surface area contributed by atoms with Crippen molar-refractivity contribution in [3.05, 3.63) is 101 Å². The molecule has 3 aliphatic carbocycles. The van der Waals surface area contributed by atoms with Crippen molar-refractivity contribution in [2.75, 3.05) is 4.90 Å². The van der Waals surface area contributed by atoms with E-state index in [9.17, 15) is 19.5 Å². The van der Waals surface area contributed by atoms with E-state index in [-0.39, 0.29) is 5.56 Å². The molecule has 3 aromatic carbocycles. The summed E-state index contributed by atoms with van der Waals surface area (Å²) < 4.78 is 0. The van der Waals surface area contributed by atoms with Gasteiger partial charge in [0.1, 0.15) is 9.75 Å². The largest absolute Gasteiger partial charge is 0.478 e. The number of anilines is 1. The molecule has 2 atom stereocenters. The highest BCUT2D eigenvalue weighted by Gasteiger charge is 2.73. The van der Waals surface area contributed by atoms with Crippen molar-refractivity contribution in [3.63, 3.8) is 0 Å². The summed E-state index contributed by atoms with van der Waals surface area (Å²) in [6.07, 6.45) is 0. The summed E-state index contributed by atoms with van der Waals surface area (Å²) in [6, 6.07) is 20.5. The minimum absolute atomic E-state index is 0.0627. The SMILES string of the molecule is O=C(O)c1ccc(N2C(=O)[C@@H]3[C@H](C2=O)C2(Cl)c4ccccc4C3(Cl)c3ccccc32)cc1. The Morgan fingerprint density at radius 2 is 1.09 bits per heavy atom. The molecule has 5 nitrogen and oxygen atoms in total. The second-order valence-electron chi connectivity index (χ2n) is 8.33. The number of nitrogens with zero attached hydrogens (tertiary/aromatic N) is 1. The van der Waals surface area contributed by atoms with E-state index in [0.717, 1.165) is 27.2 Å². The molecule has 0 spiro atoms. The van der Waals surface area contributed by atoms with Crippen LogP contribution in [0.25, 0.3) is 0 Å². The minimum atomic E-state index is -1.24. The number of carboxylic acid groups (broad SMARTS) is 1. The molecule has 1 fully saturated rings. The van der Waals surface area contributed by atoms with E-state index in [1.165, 1.54) is 24.3 Å². The topological polar surface area (TPSA) is 74.7 Å². The van der Waals surface area contributed by atoms with Crippen LogP contribution in [0.4, 0.5) is 5.69 Å². The van der Waals surface area contributed by atoms with Crippen LogP contribution in [0, 0.1) is 11.8 Å². The number of amides is 2. The molecule has 1 N–H and O–H groups in total. The van der Waals surface area contributed by atoms with Gasteiger partial charge in [0.15, 0.2) is 0 Å². The van der Waals surface area contributed by atoms with Crippen LogP contribution in [-0.4, -0.2) is 22.9 Å². The first kappa shape index (κ1) is 19.5. The highest BCUT2D eigenvalue weighted by molar-refractivity contribution is 6.38. The molecule has 32 heavy (non-hydrogen) atoms. The number of alkyl halides is 2. The zero-order valence-electron chi connectivity index (χ0n) is 16.5. The number of hydrogen-bond donors (Lipinski definition) is 1. The molecule has 2 bridgehead atoms. The number of rotatable bonds is 2. The number of halogens is 2. The smallest absolute Gasteiger partial charge is 0.335 e. The van der Waals surface area contributed by atoms with Gasteiger partial charge < -0.3 is 5.11 Å². The molecule has 4 aliphatic rings. The van der Waals surface area contributed by atoms with Crippen LogP contribution in [0.15, 0.2) is 72.8 Å². The number of hydrogen-bond acceptors (Lipinski definition) is 3. The van der Waals surface area contributed by atoms with Crippen molar-refractivity contribution >= 4 is 46.7 Å². The fraction of sp³-hybridized carbons (Fsp3) is 0.160. The Morgan fingerprint density at radius 3 is 1.44 bits per heavy atom. The number of carbonyl (C=O) groups excluding carboxylic acids is 2. The van der Waals surface area contributed by atoms with Gasteiger partial charge in [0, 0.05) is 0 Å². The van der Waals surface area contributed by atoms with E-state index in [0.29, 0.717) is 5.69 Å². The fourth-order valence-corrected chi connectivity index (χ4v) is 6.77. The summed E-state index contributed by atoms with van der Waals surface area (Å²) in [5.41, 5.74) is 3.31. The highest BCUT2D eigenvalue weighted by Crippen LogP contribution is 2.69. The lowest BCUT2D eigenvalue weighted by Gasteiger charge is -2.54. The normalized spacial score (nSPS) is 29.5. The maximum atomic E-state index is 13.8. The van der Waals surface area contributed by atoms with Gasteiger partial charge in [-0.2, -0.15) is 0 Å². The van der Waals surface area contributed by atoms with Gasteiger partial charge in [0.2, 0.25) is 11.8 Å². The monoisotopic (exact) mass is 463 g/mol. The predicted octanol–water partition coefficient (Wildman–Crippen LogP) is 4.48. The Kier molecular flexibility index (Phi) is 3.79. The maximum absolute atomic E-state index is 13.8. The lowest BCUT2D eigenvalue weighted by Crippen LogP contribution is -2.57. The maximum Gasteiger partial charge on any atom is 0.335 e. The molecule has 1 aliphatic heterocycles. The van der Waals surface area contributed by atoms with Crippen molar-refractivity contribution < 1.29 is 19.5 Å². The van der Waals surface area contributed by atoms with Crippen molar-refractivity contribution in [2.24, 2.45) is 11.8 Å². The molecule has 158 valence electrons. The van der Waals surface area contributed by atoms with Crippen LogP contribution in [-0.2, 0) is 19.3 Å². The first-order chi connectivity index (χ1) is 15.3. The lowest BCUT2D eigenvalue weighted by molar-refractivity contribution is -0.122. The van der Waals surface area contributed by atoms with E-state index in [4.69, 9.17) is 23.2 Å². The zero-order chi connectivity index (χ0) is 22.4. The predicted molar refractivity (Wildman–Crippen MR) is 119 cm³/mol. The summed E-state index contributed by atoms with van der Waals surface area (Å²) in [6.45, 7) is 0. The summed E-state index contributed by atoms with van der Waals surface area (Å²) in [4.78, 5) is 37.4. The standard InChI is InChI=1S/C25H15Cl2NO4/c26-24-15-5-1-2-6-16(15)25(27,18-8-4-3-7-17(18)24)20-19(24)21(29)28(22(20)30)14-11-9-13(10-12-14)23(31)32/h1-12,19-20H,(H,31,32)/t19-,20+,24?,25?. The molecule has 0 radical (unpaired) electrons. The average Bonchev–Trinajstić information content (AvgIpc) is 3.08. The van der Waals surface area contributed by atoms with Crippen molar-refractivity contribution in [3.8, 4) is 0 Å². The van der Waals surface area contributed by atoms with Crippen molar-refractivity contribution in [1.82, 2.24) is 0 Å². The number of carbonyl (C=O) groups is 3. The van der Waals surface area contributed by atoms with E-state index in [2.05, 4.69) is 0 Å². The molecule has 0 aromatic heterocycles. The third-order valence-corrected chi connectivity index (χ3v) is 8.24. The van der Waals surface area contributed by atoms with Gasteiger partial charge in [0.25, 0.3) is 0 Å². The summed E-state index contributed by atoms with van der Waals surface area (Å²) in [5.74, 6) is -3.75. The average molecular weight is 464 g/mol. The van der Waals surface area contributed by atoms with Crippen LogP contribution < -0.4 is 4.90 Å². The van der Waals surface area contributed by atoms with Crippen LogP contribution in [0.2, 0.25) is 0 Å². The Bertz CT molecular complexity index is 1230. The third-order valence-electron chi connectivity index (χ3n) is 6.96. The van der Waals surface area contributed by atoms with Crippen LogP contribution in [0.3, 0.4) is 0 Å². The van der Waals surface area contributed by atoms with Gasteiger partial charge in [-0.15, -0.1) is 23.2 Å². The van der Waals surface area contributed by atoms with Gasteiger partial charge in [-0.25, -0.2) is 9.69 Å². The molecule has 1 heterocycles. The molecule has 1 saturated heterocycles. The Hall–Kier alpha value is -3.15. The van der Waals surface area contributed by atoms with E-state index < -0.39 is 39.4 Å². The van der Waals surface area contributed by atoms with Crippen molar-refractivity contribution in [2.45, 2.75) is 9.75 Å². The molecule has 7 rings (SSSR count). The van der Waals surface area contributed by atoms with Gasteiger partial charge >= 0.3 is 5.97 Å². The quantitative estimate of drug-likeness (QED) is 0.448. The Labute approximate surface area is 193 Å². The second-order valence-corrected chi connectivity index (χ2v) is 9.53. The van der Waals surface area contributed by atoms with E-state index >= 15 is 0 Å². The molecule has 0 saturated carbocycles. The Balaban J connectivity index is 1.60. The van der Waals surface area contributed by atoms with Crippen molar-refractivity contribution in [1.29, 1.82) is 0 Å². The van der Waals surface area contributed by atoms with Crippen LogP contribution in [0.1, 0.15) is 32.6 Å². The van der Waals surface area contributed by atoms with E-state index in [1.807, 2.05) is 48.5 Å². The Morgan fingerprint density at radius 1 is 0.719 bits per heavy atom. The molecule has 0 unspecified atom stereocenters. The molecule has 7 heteroatoms. The van der Waals surface area contributed by atoms with Gasteiger partial charge in [-0.1, -0.05) is 48.5 Å². The number of imide groups is 1. The zero-order valence-corrected chi connectivity index (χ0v) is 18.0.